The van der Waals surface area contributed by atoms with Crippen molar-refractivity contribution in [1.82, 2.24) is 10.6 Å². The van der Waals surface area contributed by atoms with Gasteiger partial charge < -0.3 is 10.6 Å². The molecule has 2 aliphatic heterocycles. The van der Waals surface area contributed by atoms with Crippen LogP contribution in [0.4, 0.5) is 0 Å². The van der Waals surface area contributed by atoms with Crippen molar-refractivity contribution in [3.8, 4) is 0 Å². The van der Waals surface area contributed by atoms with Crippen molar-refractivity contribution in [2.45, 2.75) is 154 Å². The molecule has 2 aliphatic rings. The minimum absolute atomic E-state index is 0.145. The zero-order valence-corrected chi connectivity index (χ0v) is 31.1. The van der Waals surface area contributed by atoms with Crippen molar-refractivity contribution < 1.29 is 0 Å². The molecule has 0 amide bonds. The highest BCUT2D eigenvalue weighted by Crippen LogP contribution is 2.62. The van der Waals surface area contributed by atoms with Crippen molar-refractivity contribution >= 4 is 42.4 Å². The summed E-state index contributed by atoms with van der Waals surface area (Å²) in [5.74, 6) is 1.45. The maximum absolute atomic E-state index is 4.03. The van der Waals surface area contributed by atoms with Crippen molar-refractivity contribution in [2.75, 3.05) is 13.1 Å². The van der Waals surface area contributed by atoms with Gasteiger partial charge in [-0.2, -0.15) is 0 Å². The monoisotopic (exact) mass is 592 g/mol. The minimum Gasteiger partial charge on any atom is -0.310 e. The third-order valence-corrected chi connectivity index (χ3v) is 20.0. The number of hydrogen-bond acceptors (Lipinski definition) is 2. The summed E-state index contributed by atoms with van der Waals surface area (Å²) in [6.45, 7) is 33.0. The fraction of sp³-hybridized carbons (Fsp3) is 0.812. The Hall–Kier alpha value is 0.434. The van der Waals surface area contributed by atoms with Crippen LogP contribution < -0.4 is 21.0 Å². The molecule has 0 bridgehead atoms. The van der Waals surface area contributed by atoms with Crippen molar-refractivity contribution in [3.05, 3.63) is 23.3 Å². The van der Waals surface area contributed by atoms with Gasteiger partial charge in [-0.15, -0.1) is 0 Å². The van der Waals surface area contributed by atoms with Gasteiger partial charge in [-0.1, -0.05) is 132 Å². The first kappa shape index (κ1) is 32.9. The van der Waals surface area contributed by atoms with Gasteiger partial charge in [0.1, 0.15) is 0 Å². The van der Waals surface area contributed by atoms with Crippen LogP contribution in [0.15, 0.2) is 12.1 Å². The summed E-state index contributed by atoms with van der Waals surface area (Å²) < 4.78 is 0. The Morgan fingerprint density at radius 1 is 0.658 bits per heavy atom. The second-order valence-electron chi connectivity index (χ2n) is 16.2. The predicted octanol–water partition coefficient (Wildman–Crippen LogP) is 8.54. The first-order valence-corrected chi connectivity index (χ1v) is 25.8. The molecule has 0 radical (unpaired) electrons. The highest BCUT2D eigenvalue weighted by atomic mass is 31.1. The van der Waals surface area contributed by atoms with E-state index in [0.717, 1.165) is 11.6 Å². The third kappa shape index (κ3) is 8.72. The Labute approximate surface area is 242 Å². The van der Waals surface area contributed by atoms with Gasteiger partial charge in [0.15, 0.2) is 0 Å². The van der Waals surface area contributed by atoms with Crippen molar-refractivity contribution in [2.24, 2.45) is 0 Å². The van der Waals surface area contributed by atoms with E-state index in [2.05, 4.69) is 104 Å². The van der Waals surface area contributed by atoms with Crippen LogP contribution in [0.1, 0.15) is 91.2 Å². The second kappa shape index (κ2) is 12.7. The molecule has 2 unspecified atom stereocenters. The molecule has 0 saturated carbocycles. The van der Waals surface area contributed by atoms with Crippen LogP contribution in [-0.4, -0.2) is 51.1 Å². The molecule has 6 heteroatoms. The van der Waals surface area contributed by atoms with Crippen molar-refractivity contribution in [3.63, 3.8) is 0 Å². The van der Waals surface area contributed by atoms with E-state index in [1.54, 1.807) is 21.5 Å². The normalized spacial score (nSPS) is 23.1. The van der Waals surface area contributed by atoms with Crippen LogP contribution in [0.5, 0.6) is 0 Å². The Morgan fingerprint density at radius 2 is 1.05 bits per heavy atom. The number of rotatable bonds is 8. The number of hydrogen-bond donors (Lipinski definition) is 2. The molecule has 2 N–H and O–H groups in total. The van der Waals surface area contributed by atoms with Crippen LogP contribution in [0.2, 0.25) is 39.3 Å². The Balaban J connectivity index is 2.16. The molecule has 3 rings (SSSR count). The van der Waals surface area contributed by atoms with Gasteiger partial charge >= 0.3 is 0 Å². The van der Waals surface area contributed by atoms with Crippen LogP contribution in [0.25, 0.3) is 0 Å². The summed E-state index contributed by atoms with van der Waals surface area (Å²) in [5, 5.41) is 12.3. The summed E-state index contributed by atoms with van der Waals surface area (Å²) >= 11 is 0. The van der Waals surface area contributed by atoms with Gasteiger partial charge in [-0.25, -0.2) is 0 Å². The molecule has 0 aromatic heterocycles. The molecule has 2 heterocycles. The number of nitrogens with one attached hydrogen (secondary N) is 2. The lowest BCUT2D eigenvalue weighted by molar-refractivity contribution is 0.456. The quantitative estimate of drug-likeness (QED) is 0.233. The largest absolute Gasteiger partial charge is 0.310 e. The topological polar surface area (TPSA) is 24.1 Å². The SMILES string of the molecule is CC(C)(C)P(Cc1cc([Si](C)(C)C)c([Si](C)(C)C)cc1CP(C1CCCCN1)C1CCCCN1)C(C)(C)C. The predicted molar refractivity (Wildman–Crippen MR) is 184 cm³/mol. The molecule has 38 heavy (non-hydrogen) atoms. The molecule has 2 nitrogen and oxygen atoms in total. The fourth-order valence-corrected chi connectivity index (χ4v) is 18.9. The van der Waals surface area contributed by atoms with Gasteiger partial charge in [0, 0.05) is 11.6 Å². The average Bonchev–Trinajstić information content (AvgIpc) is 2.79. The molecule has 1 aromatic carbocycles. The van der Waals surface area contributed by atoms with E-state index in [-0.39, 0.29) is 15.8 Å². The average molecular weight is 593 g/mol. The van der Waals surface area contributed by atoms with Crippen LogP contribution in [0.3, 0.4) is 0 Å². The van der Waals surface area contributed by atoms with Crippen LogP contribution >= 0.6 is 15.8 Å². The molecule has 1 aromatic rings. The smallest absolute Gasteiger partial charge is 0.0774 e. The number of piperidine rings is 2. The molecular formula is C32H62N2P2Si2. The standard InChI is InChI=1S/C32H62N2P2Si2/c1-31(2,3)36(32(4,5)6)24-26-22-28(38(10,11)12)27(37(7,8)9)21-25(26)23-35(29-17-13-15-19-33-29)30-18-14-16-20-34-30/h21-22,29-30,33-34H,13-20,23-24H2,1-12H3. The van der Waals surface area contributed by atoms with Gasteiger partial charge in [-0.05, 0) is 72.5 Å². The summed E-state index contributed by atoms with van der Waals surface area (Å²) in [4.78, 5) is 0. The molecule has 2 fully saturated rings. The van der Waals surface area contributed by atoms with Gasteiger partial charge in [0.05, 0.1) is 16.1 Å². The molecule has 2 atom stereocenters. The first-order chi connectivity index (χ1) is 17.4. The highest BCUT2D eigenvalue weighted by Gasteiger charge is 2.37. The molecule has 2 saturated heterocycles. The molecule has 0 aliphatic carbocycles. The van der Waals surface area contributed by atoms with E-state index in [4.69, 9.17) is 0 Å². The van der Waals surface area contributed by atoms with E-state index < -0.39 is 16.1 Å². The first-order valence-electron chi connectivity index (χ1n) is 15.6. The van der Waals surface area contributed by atoms with E-state index in [0.29, 0.717) is 10.3 Å². The lowest BCUT2D eigenvalue weighted by atomic mass is 10.1. The lowest BCUT2D eigenvalue weighted by Gasteiger charge is -2.43. The maximum atomic E-state index is 4.03. The van der Waals surface area contributed by atoms with E-state index in [9.17, 15) is 0 Å². The maximum Gasteiger partial charge on any atom is 0.0774 e. The second-order valence-corrected chi connectivity index (χ2v) is 32.7. The molecule has 218 valence electrons. The van der Waals surface area contributed by atoms with E-state index in [1.165, 1.54) is 63.9 Å². The summed E-state index contributed by atoms with van der Waals surface area (Å²) in [6.07, 6.45) is 10.9. The van der Waals surface area contributed by atoms with Crippen LogP contribution in [0, 0.1) is 0 Å². The summed E-state index contributed by atoms with van der Waals surface area (Å²) in [6, 6.07) is 5.59. The van der Waals surface area contributed by atoms with Gasteiger partial charge in [-0.3, -0.25) is 0 Å². The van der Waals surface area contributed by atoms with Gasteiger partial charge in [0.25, 0.3) is 0 Å². The van der Waals surface area contributed by atoms with Crippen LogP contribution in [-0.2, 0) is 12.3 Å². The number of benzene rings is 1. The summed E-state index contributed by atoms with van der Waals surface area (Å²) in [7, 11) is -3.25. The molecular weight excluding hydrogens is 530 g/mol. The lowest BCUT2D eigenvalue weighted by Crippen LogP contribution is -2.56. The third-order valence-electron chi connectivity index (χ3n) is 8.63. The Kier molecular flexibility index (Phi) is 11.1. The fourth-order valence-electron chi connectivity index (χ4n) is 6.74. The zero-order chi connectivity index (χ0) is 28.5. The Morgan fingerprint density at radius 3 is 1.37 bits per heavy atom. The van der Waals surface area contributed by atoms with Gasteiger partial charge in [0.2, 0.25) is 0 Å². The van der Waals surface area contributed by atoms with E-state index >= 15 is 0 Å². The molecule has 0 spiro atoms. The highest BCUT2D eigenvalue weighted by molar-refractivity contribution is 7.60. The Bertz CT molecular complexity index is 878. The van der Waals surface area contributed by atoms with E-state index in [1.807, 2.05) is 0 Å². The minimum atomic E-state index is -1.47. The zero-order valence-electron chi connectivity index (χ0n) is 27.3. The van der Waals surface area contributed by atoms with Crippen molar-refractivity contribution in [1.29, 1.82) is 0 Å². The summed E-state index contributed by atoms with van der Waals surface area (Å²) in [5.41, 5.74) is 3.45.